The molecule has 0 spiro atoms. The molecule has 5 nitrogen and oxygen atoms in total. The monoisotopic (exact) mass is 348 g/mol. The minimum Gasteiger partial charge on any atom is -0.481 e. The van der Waals surface area contributed by atoms with E-state index in [1.165, 1.54) is 0 Å². The maximum atomic E-state index is 12.9. The SMILES string of the molecule is O=C(O)CC1c2[nH]c3ccccc3c2CCN1C(=O)Cc1ccccc1. The van der Waals surface area contributed by atoms with Crippen LogP contribution in [0.2, 0.25) is 0 Å². The van der Waals surface area contributed by atoms with Gasteiger partial charge in [-0.2, -0.15) is 0 Å². The van der Waals surface area contributed by atoms with E-state index in [0.717, 1.165) is 34.1 Å². The minimum absolute atomic E-state index is 0.0354. The number of hydrogen-bond donors (Lipinski definition) is 2. The molecule has 0 bridgehead atoms. The average Bonchev–Trinajstić information content (AvgIpc) is 3.01. The highest BCUT2D eigenvalue weighted by atomic mass is 16.4. The molecule has 0 radical (unpaired) electrons. The van der Waals surface area contributed by atoms with Crippen molar-refractivity contribution in [2.45, 2.75) is 25.3 Å². The molecular formula is C21H20N2O3. The van der Waals surface area contributed by atoms with Gasteiger partial charge in [0.1, 0.15) is 0 Å². The van der Waals surface area contributed by atoms with Crippen molar-refractivity contribution in [3.8, 4) is 0 Å². The van der Waals surface area contributed by atoms with E-state index in [9.17, 15) is 14.7 Å². The van der Waals surface area contributed by atoms with E-state index in [1.807, 2.05) is 54.6 Å². The summed E-state index contributed by atoms with van der Waals surface area (Å²) in [6.45, 7) is 0.540. The van der Waals surface area contributed by atoms with Crippen LogP contribution in [0.4, 0.5) is 0 Å². The lowest BCUT2D eigenvalue weighted by atomic mass is 9.94. The smallest absolute Gasteiger partial charge is 0.305 e. The number of carbonyl (C=O) groups is 2. The van der Waals surface area contributed by atoms with Gasteiger partial charge in [-0.3, -0.25) is 9.59 Å². The second-order valence-corrected chi connectivity index (χ2v) is 6.68. The Hall–Kier alpha value is -3.08. The first-order valence-corrected chi connectivity index (χ1v) is 8.78. The first-order chi connectivity index (χ1) is 12.6. The fourth-order valence-electron chi connectivity index (χ4n) is 3.87. The molecule has 2 heterocycles. The number of carboxylic acid groups (broad SMARTS) is 1. The Morgan fingerprint density at radius 2 is 1.81 bits per heavy atom. The summed E-state index contributed by atoms with van der Waals surface area (Å²) in [6.07, 6.45) is 0.920. The molecule has 3 aromatic rings. The Morgan fingerprint density at radius 3 is 2.58 bits per heavy atom. The van der Waals surface area contributed by atoms with E-state index < -0.39 is 12.0 Å². The highest BCUT2D eigenvalue weighted by Gasteiger charge is 2.34. The molecule has 1 aliphatic rings. The predicted octanol–water partition coefficient (Wildman–Crippen LogP) is 3.31. The molecule has 1 amide bonds. The van der Waals surface area contributed by atoms with Gasteiger partial charge in [-0.25, -0.2) is 0 Å². The third-order valence-electron chi connectivity index (χ3n) is 5.05. The molecule has 1 atom stereocenters. The molecular weight excluding hydrogens is 328 g/mol. The number of aromatic nitrogens is 1. The van der Waals surface area contributed by atoms with Crippen molar-refractivity contribution in [1.29, 1.82) is 0 Å². The van der Waals surface area contributed by atoms with Gasteiger partial charge in [0, 0.05) is 23.1 Å². The van der Waals surface area contributed by atoms with Gasteiger partial charge in [-0.15, -0.1) is 0 Å². The van der Waals surface area contributed by atoms with Gasteiger partial charge in [0.25, 0.3) is 0 Å². The number of carboxylic acids is 1. The summed E-state index contributed by atoms with van der Waals surface area (Å²) < 4.78 is 0. The van der Waals surface area contributed by atoms with E-state index in [4.69, 9.17) is 0 Å². The Labute approximate surface area is 151 Å². The van der Waals surface area contributed by atoms with Crippen molar-refractivity contribution >= 4 is 22.8 Å². The fraction of sp³-hybridized carbons (Fsp3) is 0.238. The van der Waals surface area contributed by atoms with Crippen LogP contribution < -0.4 is 0 Å². The third-order valence-corrected chi connectivity index (χ3v) is 5.05. The summed E-state index contributed by atoms with van der Waals surface area (Å²) in [5.74, 6) is -0.939. The predicted molar refractivity (Wildman–Crippen MR) is 98.9 cm³/mol. The summed E-state index contributed by atoms with van der Waals surface area (Å²) in [5.41, 5.74) is 3.93. The Kier molecular flexibility index (Phi) is 4.21. The lowest BCUT2D eigenvalue weighted by Crippen LogP contribution is -2.41. The van der Waals surface area contributed by atoms with Crippen molar-refractivity contribution in [3.05, 3.63) is 71.4 Å². The number of aromatic amines is 1. The molecule has 0 saturated heterocycles. The van der Waals surface area contributed by atoms with Crippen LogP contribution in [0.1, 0.15) is 29.3 Å². The zero-order valence-electron chi connectivity index (χ0n) is 14.3. The number of nitrogens with one attached hydrogen (secondary N) is 1. The summed E-state index contributed by atoms with van der Waals surface area (Å²) in [7, 11) is 0. The number of amides is 1. The van der Waals surface area contributed by atoms with Gasteiger partial charge >= 0.3 is 5.97 Å². The Morgan fingerprint density at radius 1 is 1.08 bits per heavy atom. The van der Waals surface area contributed by atoms with Gasteiger partial charge in [-0.1, -0.05) is 48.5 Å². The van der Waals surface area contributed by atoms with Crippen molar-refractivity contribution in [2.75, 3.05) is 6.54 Å². The number of benzene rings is 2. The van der Waals surface area contributed by atoms with Gasteiger partial charge in [0.05, 0.1) is 18.9 Å². The Bertz CT molecular complexity index is 962. The van der Waals surface area contributed by atoms with Crippen LogP contribution in [0.5, 0.6) is 0 Å². The summed E-state index contributed by atoms with van der Waals surface area (Å²) in [4.78, 5) is 29.5. The summed E-state index contributed by atoms with van der Waals surface area (Å²) in [5, 5.41) is 10.5. The zero-order chi connectivity index (χ0) is 18.1. The highest BCUT2D eigenvalue weighted by molar-refractivity contribution is 5.87. The molecule has 26 heavy (non-hydrogen) atoms. The van der Waals surface area contributed by atoms with E-state index in [0.29, 0.717) is 6.54 Å². The number of H-pyrrole nitrogens is 1. The molecule has 132 valence electrons. The van der Waals surface area contributed by atoms with E-state index in [1.54, 1.807) is 4.90 Å². The molecule has 0 aliphatic carbocycles. The van der Waals surface area contributed by atoms with Crippen molar-refractivity contribution in [1.82, 2.24) is 9.88 Å². The van der Waals surface area contributed by atoms with E-state index in [-0.39, 0.29) is 18.7 Å². The molecule has 1 unspecified atom stereocenters. The quantitative estimate of drug-likeness (QED) is 0.760. The van der Waals surface area contributed by atoms with Crippen LogP contribution in [-0.4, -0.2) is 33.4 Å². The minimum atomic E-state index is -0.904. The standard InChI is InChI=1S/C21H20N2O3/c24-19(12-14-6-2-1-3-7-14)23-11-10-16-15-8-4-5-9-17(15)22-21(16)18(23)13-20(25)26/h1-9,18,22H,10-13H2,(H,25,26). The van der Waals surface area contributed by atoms with Gasteiger partial charge in [0.2, 0.25) is 5.91 Å². The average molecular weight is 348 g/mol. The van der Waals surface area contributed by atoms with Gasteiger partial charge in [-0.05, 0) is 23.6 Å². The van der Waals surface area contributed by atoms with Crippen molar-refractivity contribution in [3.63, 3.8) is 0 Å². The molecule has 0 fully saturated rings. The maximum absolute atomic E-state index is 12.9. The first-order valence-electron chi connectivity index (χ1n) is 8.78. The molecule has 4 rings (SSSR count). The summed E-state index contributed by atoms with van der Waals surface area (Å²) in [6, 6.07) is 17.1. The molecule has 1 aromatic heterocycles. The fourth-order valence-corrected chi connectivity index (χ4v) is 3.87. The Balaban J connectivity index is 1.69. The number of rotatable bonds is 4. The molecule has 2 N–H and O–H groups in total. The van der Waals surface area contributed by atoms with E-state index >= 15 is 0 Å². The number of fused-ring (bicyclic) bond motifs is 3. The number of carbonyl (C=O) groups excluding carboxylic acids is 1. The molecule has 2 aromatic carbocycles. The first kappa shape index (κ1) is 16.4. The van der Waals surface area contributed by atoms with Crippen LogP contribution in [0.25, 0.3) is 10.9 Å². The highest BCUT2D eigenvalue weighted by Crippen LogP contribution is 2.36. The van der Waals surface area contributed by atoms with Crippen molar-refractivity contribution < 1.29 is 14.7 Å². The van der Waals surface area contributed by atoms with E-state index in [2.05, 4.69) is 4.98 Å². The second kappa shape index (κ2) is 6.67. The maximum Gasteiger partial charge on any atom is 0.305 e. The number of nitrogens with zero attached hydrogens (tertiary/aromatic N) is 1. The van der Waals surface area contributed by atoms with Gasteiger partial charge < -0.3 is 15.0 Å². The van der Waals surface area contributed by atoms with Crippen LogP contribution in [0.3, 0.4) is 0 Å². The van der Waals surface area contributed by atoms with Gasteiger partial charge in [0.15, 0.2) is 0 Å². The molecule has 5 heteroatoms. The van der Waals surface area contributed by atoms with Crippen LogP contribution in [-0.2, 0) is 22.4 Å². The summed E-state index contributed by atoms with van der Waals surface area (Å²) >= 11 is 0. The molecule has 1 aliphatic heterocycles. The lowest BCUT2D eigenvalue weighted by molar-refractivity contribution is -0.141. The lowest BCUT2D eigenvalue weighted by Gasteiger charge is -2.35. The number of para-hydroxylation sites is 1. The topological polar surface area (TPSA) is 73.4 Å². The van der Waals surface area contributed by atoms with Crippen molar-refractivity contribution in [2.24, 2.45) is 0 Å². The largest absolute Gasteiger partial charge is 0.481 e. The zero-order valence-corrected chi connectivity index (χ0v) is 14.3. The normalized spacial score (nSPS) is 16.5. The number of aliphatic carboxylic acids is 1. The molecule has 0 saturated carbocycles. The van der Waals surface area contributed by atoms with Crippen LogP contribution >= 0.6 is 0 Å². The van der Waals surface area contributed by atoms with Crippen LogP contribution in [0.15, 0.2) is 54.6 Å². The third kappa shape index (κ3) is 2.96. The number of hydrogen-bond acceptors (Lipinski definition) is 2. The second-order valence-electron chi connectivity index (χ2n) is 6.68. The van der Waals surface area contributed by atoms with Crippen LogP contribution in [0, 0.1) is 0 Å².